The number of aliphatic hydroxyl groups is 1. The van der Waals surface area contributed by atoms with Crippen LogP contribution in [0.25, 0.3) is 0 Å². The predicted octanol–water partition coefficient (Wildman–Crippen LogP) is 0.300. The van der Waals surface area contributed by atoms with E-state index in [-0.39, 0.29) is 10.8 Å². The van der Waals surface area contributed by atoms with Crippen molar-refractivity contribution >= 4 is 23.5 Å². The Morgan fingerprint density at radius 1 is 1.53 bits per heavy atom. The number of carboxylic acid groups (broad SMARTS) is 1. The van der Waals surface area contributed by atoms with Crippen LogP contribution >= 0.6 is 11.6 Å². The van der Waals surface area contributed by atoms with Crippen molar-refractivity contribution in [3.63, 3.8) is 0 Å². The maximum Gasteiger partial charge on any atom is 0.337 e. The first-order valence-electron chi connectivity index (χ1n) is 4.69. The van der Waals surface area contributed by atoms with Gasteiger partial charge in [-0.25, -0.2) is 9.78 Å². The number of halogens is 1. The number of nitrogens with zero attached hydrogens (tertiary/aromatic N) is 1. The normalized spacial score (nSPS) is 13.8. The summed E-state index contributed by atoms with van der Waals surface area (Å²) in [5, 5.41) is 20.4. The highest BCUT2D eigenvalue weighted by atomic mass is 35.5. The first kappa shape index (κ1) is 13.4. The summed E-state index contributed by atoms with van der Waals surface area (Å²) < 4.78 is 0. The van der Waals surface area contributed by atoms with Gasteiger partial charge in [-0.05, 0) is 19.1 Å². The molecule has 92 valence electrons. The highest BCUT2D eigenvalue weighted by molar-refractivity contribution is 6.29. The van der Waals surface area contributed by atoms with E-state index in [1.807, 2.05) is 0 Å². The molecule has 0 bridgehead atoms. The first-order valence-corrected chi connectivity index (χ1v) is 5.07. The van der Waals surface area contributed by atoms with Crippen LogP contribution in [0.2, 0.25) is 5.15 Å². The fraction of sp³-hybridized carbons (Fsp3) is 0.300. The van der Waals surface area contributed by atoms with E-state index < -0.39 is 24.0 Å². The Morgan fingerprint density at radius 3 is 2.71 bits per heavy atom. The molecule has 0 aliphatic rings. The second-order valence-corrected chi connectivity index (χ2v) is 3.99. The highest BCUT2D eigenvalue weighted by Gasteiger charge is 2.30. The topological polar surface area (TPSA) is 99.5 Å². The van der Waals surface area contributed by atoms with Crippen molar-refractivity contribution in [3.05, 3.63) is 29.0 Å². The summed E-state index contributed by atoms with van der Waals surface area (Å²) in [6.45, 7) is 0.663. The smallest absolute Gasteiger partial charge is 0.337 e. The Labute approximate surface area is 102 Å². The molecule has 1 aromatic heterocycles. The molecular weight excluding hydrogens is 248 g/mol. The molecule has 0 aliphatic carbocycles. The van der Waals surface area contributed by atoms with Gasteiger partial charge >= 0.3 is 5.97 Å². The van der Waals surface area contributed by atoms with Crippen molar-refractivity contribution in [2.45, 2.75) is 12.5 Å². The van der Waals surface area contributed by atoms with Crippen molar-refractivity contribution in [2.24, 2.45) is 0 Å². The number of aliphatic carboxylic acids is 1. The Bertz CT molecular complexity index is 448. The lowest BCUT2D eigenvalue weighted by Crippen LogP contribution is -2.46. The summed E-state index contributed by atoms with van der Waals surface area (Å²) in [5.41, 5.74) is -1.97. The molecule has 0 spiro atoms. The van der Waals surface area contributed by atoms with Gasteiger partial charge in [0, 0.05) is 0 Å². The zero-order valence-electron chi connectivity index (χ0n) is 8.98. The minimum atomic E-state index is -2.02. The van der Waals surface area contributed by atoms with Crippen LogP contribution in [0.5, 0.6) is 0 Å². The van der Waals surface area contributed by atoms with Gasteiger partial charge < -0.3 is 15.5 Å². The summed E-state index contributed by atoms with van der Waals surface area (Å²) >= 11 is 5.59. The average Bonchev–Trinajstić information content (AvgIpc) is 2.25. The maximum absolute atomic E-state index is 11.5. The van der Waals surface area contributed by atoms with Crippen LogP contribution in [0.3, 0.4) is 0 Å². The van der Waals surface area contributed by atoms with Crippen molar-refractivity contribution in [1.29, 1.82) is 0 Å². The van der Waals surface area contributed by atoms with Gasteiger partial charge in [0.05, 0.1) is 6.54 Å². The number of carboxylic acids is 1. The van der Waals surface area contributed by atoms with E-state index in [0.717, 1.165) is 6.92 Å². The summed E-state index contributed by atoms with van der Waals surface area (Å²) in [4.78, 5) is 25.9. The minimum absolute atomic E-state index is 0.0543. The van der Waals surface area contributed by atoms with E-state index in [9.17, 15) is 14.7 Å². The number of pyridine rings is 1. The predicted molar refractivity (Wildman–Crippen MR) is 59.8 cm³/mol. The lowest BCUT2D eigenvalue weighted by Gasteiger charge is -2.17. The molecule has 0 fully saturated rings. The van der Waals surface area contributed by atoms with Gasteiger partial charge in [0.2, 0.25) is 0 Å². The van der Waals surface area contributed by atoms with Crippen LogP contribution < -0.4 is 5.32 Å². The fourth-order valence-electron chi connectivity index (χ4n) is 0.953. The Morgan fingerprint density at radius 2 is 2.18 bits per heavy atom. The van der Waals surface area contributed by atoms with Gasteiger partial charge in [-0.1, -0.05) is 17.7 Å². The van der Waals surface area contributed by atoms with Crippen molar-refractivity contribution in [3.8, 4) is 0 Å². The number of amides is 1. The number of carbonyl (C=O) groups is 2. The van der Waals surface area contributed by atoms with Crippen LogP contribution in [0.15, 0.2) is 18.2 Å². The molecule has 3 N–H and O–H groups in total. The van der Waals surface area contributed by atoms with Gasteiger partial charge in [0.25, 0.3) is 5.91 Å². The van der Waals surface area contributed by atoms with Gasteiger partial charge in [0.1, 0.15) is 10.8 Å². The zero-order valence-corrected chi connectivity index (χ0v) is 9.73. The number of hydrogen-bond donors (Lipinski definition) is 3. The van der Waals surface area contributed by atoms with E-state index in [2.05, 4.69) is 10.3 Å². The monoisotopic (exact) mass is 258 g/mol. The van der Waals surface area contributed by atoms with Gasteiger partial charge in [-0.15, -0.1) is 0 Å². The number of hydrogen-bond acceptors (Lipinski definition) is 4. The molecule has 6 nitrogen and oxygen atoms in total. The molecule has 7 heteroatoms. The molecule has 0 saturated heterocycles. The number of rotatable bonds is 4. The van der Waals surface area contributed by atoms with Crippen molar-refractivity contribution in [1.82, 2.24) is 10.3 Å². The lowest BCUT2D eigenvalue weighted by molar-refractivity contribution is -0.155. The van der Waals surface area contributed by atoms with Crippen LogP contribution in [0.4, 0.5) is 0 Å². The third-order valence-electron chi connectivity index (χ3n) is 2.00. The van der Waals surface area contributed by atoms with E-state index in [1.54, 1.807) is 6.07 Å². The quantitative estimate of drug-likeness (QED) is 0.675. The van der Waals surface area contributed by atoms with Crippen LogP contribution in [0, 0.1) is 0 Å². The second kappa shape index (κ2) is 5.11. The molecule has 0 aromatic carbocycles. The third kappa shape index (κ3) is 3.69. The Hall–Kier alpha value is -1.66. The molecule has 1 unspecified atom stereocenters. The van der Waals surface area contributed by atoms with Gasteiger partial charge in [0.15, 0.2) is 5.60 Å². The summed E-state index contributed by atoms with van der Waals surface area (Å²) in [5.74, 6) is -2.02. The molecule has 1 amide bonds. The average molecular weight is 259 g/mol. The van der Waals surface area contributed by atoms with E-state index >= 15 is 0 Å². The van der Waals surface area contributed by atoms with E-state index in [0.29, 0.717) is 0 Å². The standard InChI is InChI=1S/C10H11ClN2O4/c1-10(17,9(15)16)5-12-8(14)6-3-2-4-7(11)13-6/h2-4,17H,5H2,1H3,(H,12,14)(H,15,16). The zero-order chi connectivity index (χ0) is 13.1. The van der Waals surface area contributed by atoms with E-state index in [4.69, 9.17) is 16.7 Å². The second-order valence-electron chi connectivity index (χ2n) is 3.61. The largest absolute Gasteiger partial charge is 0.479 e. The van der Waals surface area contributed by atoms with Gasteiger partial charge in [-0.3, -0.25) is 4.79 Å². The van der Waals surface area contributed by atoms with Crippen molar-refractivity contribution < 1.29 is 19.8 Å². The van der Waals surface area contributed by atoms with Gasteiger partial charge in [-0.2, -0.15) is 0 Å². The molecule has 1 aromatic rings. The van der Waals surface area contributed by atoms with Crippen molar-refractivity contribution in [2.75, 3.05) is 6.54 Å². The Balaban J connectivity index is 2.65. The van der Waals surface area contributed by atoms with E-state index in [1.165, 1.54) is 12.1 Å². The third-order valence-corrected chi connectivity index (χ3v) is 2.21. The molecule has 0 aliphatic heterocycles. The molecule has 0 radical (unpaired) electrons. The molecule has 1 rings (SSSR count). The number of nitrogens with one attached hydrogen (secondary N) is 1. The molecule has 17 heavy (non-hydrogen) atoms. The highest BCUT2D eigenvalue weighted by Crippen LogP contribution is 2.06. The Kier molecular flexibility index (Phi) is 4.03. The number of carbonyl (C=O) groups excluding carboxylic acids is 1. The molecule has 1 heterocycles. The number of aromatic nitrogens is 1. The summed E-state index contributed by atoms with van der Waals surface area (Å²) in [6.07, 6.45) is 0. The fourth-order valence-corrected chi connectivity index (χ4v) is 1.12. The minimum Gasteiger partial charge on any atom is -0.479 e. The molecular formula is C10H11ClN2O4. The lowest BCUT2D eigenvalue weighted by atomic mass is 10.1. The SMILES string of the molecule is CC(O)(CNC(=O)c1cccc(Cl)n1)C(=O)O. The van der Waals surface area contributed by atoms with Crippen LogP contribution in [-0.4, -0.2) is 39.2 Å². The summed E-state index contributed by atoms with van der Waals surface area (Å²) in [6, 6.07) is 4.47. The molecule has 1 atom stereocenters. The van der Waals surface area contributed by atoms with Crippen LogP contribution in [0.1, 0.15) is 17.4 Å². The summed E-state index contributed by atoms with van der Waals surface area (Å²) in [7, 11) is 0. The molecule has 0 saturated carbocycles. The maximum atomic E-state index is 11.5. The first-order chi connectivity index (χ1) is 7.83. The van der Waals surface area contributed by atoms with Crippen LogP contribution in [-0.2, 0) is 4.79 Å².